The molecular weight excluding hydrogens is 401 g/mol. The number of hydrogen-bond donors (Lipinski definition) is 3. The van der Waals surface area contributed by atoms with Crippen molar-refractivity contribution in [3.05, 3.63) is 59.5 Å². The van der Waals surface area contributed by atoms with Crippen LogP contribution >= 0.6 is 0 Å². The Labute approximate surface area is 179 Å². The molecule has 0 saturated carbocycles. The SMILES string of the molecule is O=C(NCCO)c1cc(NCc2cccc(F)c2)c2nc(N3CCOCC3)cnc2c1. The van der Waals surface area contributed by atoms with Crippen molar-refractivity contribution in [2.24, 2.45) is 0 Å². The van der Waals surface area contributed by atoms with Crippen LogP contribution in [0.4, 0.5) is 15.9 Å². The van der Waals surface area contributed by atoms with Gasteiger partial charge in [-0.15, -0.1) is 0 Å². The molecule has 0 spiro atoms. The van der Waals surface area contributed by atoms with Gasteiger partial charge in [-0.25, -0.2) is 9.37 Å². The number of rotatable bonds is 7. The smallest absolute Gasteiger partial charge is 0.251 e. The average Bonchev–Trinajstić information content (AvgIpc) is 2.81. The number of amides is 1. The molecule has 1 aliphatic rings. The topological polar surface area (TPSA) is 99.6 Å². The number of hydrogen-bond acceptors (Lipinski definition) is 7. The Balaban J connectivity index is 1.69. The van der Waals surface area contributed by atoms with E-state index in [0.717, 1.165) is 24.5 Å². The molecular formula is C22H24FN5O3. The van der Waals surface area contributed by atoms with Crippen molar-refractivity contribution in [3.63, 3.8) is 0 Å². The van der Waals surface area contributed by atoms with Crippen LogP contribution in [0.25, 0.3) is 11.0 Å². The number of benzene rings is 2. The summed E-state index contributed by atoms with van der Waals surface area (Å²) in [6, 6.07) is 9.70. The predicted molar refractivity (Wildman–Crippen MR) is 116 cm³/mol. The third-order valence-corrected chi connectivity index (χ3v) is 5.00. The number of nitrogens with zero attached hydrogens (tertiary/aromatic N) is 3. The number of halogens is 1. The second-order valence-corrected chi connectivity index (χ2v) is 7.18. The average molecular weight is 425 g/mol. The molecule has 1 fully saturated rings. The molecule has 2 aromatic carbocycles. The highest BCUT2D eigenvalue weighted by molar-refractivity contribution is 6.01. The molecule has 0 radical (unpaired) electrons. The van der Waals surface area contributed by atoms with Crippen molar-refractivity contribution in [1.82, 2.24) is 15.3 Å². The van der Waals surface area contributed by atoms with Crippen molar-refractivity contribution in [3.8, 4) is 0 Å². The van der Waals surface area contributed by atoms with Gasteiger partial charge in [-0.05, 0) is 29.8 Å². The standard InChI is InChI=1S/C22H24FN5O3/c23-17-3-1-2-15(10-17)13-25-18-11-16(22(30)24-4-7-29)12-19-21(18)27-20(14-26-19)28-5-8-31-9-6-28/h1-3,10-12,14,25,29H,4-9,13H2,(H,24,30). The van der Waals surface area contributed by atoms with E-state index in [2.05, 4.69) is 20.5 Å². The zero-order valence-corrected chi connectivity index (χ0v) is 17.0. The van der Waals surface area contributed by atoms with Crippen LogP contribution < -0.4 is 15.5 Å². The van der Waals surface area contributed by atoms with Gasteiger partial charge in [0.15, 0.2) is 0 Å². The van der Waals surface area contributed by atoms with Crippen molar-refractivity contribution >= 4 is 28.4 Å². The van der Waals surface area contributed by atoms with Gasteiger partial charge in [0.25, 0.3) is 5.91 Å². The Bertz CT molecular complexity index is 1070. The molecule has 31 heavy (non-hydrogen) atoms. The van der Waals surface area contributed by atoms with E-state index in [1.807, 2.05) is 6.07 Å². The molecule has 1 aromatic heterocycles. The van der Waals surface area contributed by atoms with Crippen molar-refractivity contribution in [1.29, 1.82) is 0 Å². The van der Waals surface area contributed by atoms with Crippen LogP contribution in [0.1, 0.15) is 15.9 Å². The first-order chi connectivity index (χ1) is 15.1. The minimum absolute atomic E-state index is 0.146. The maximum atomic E-state index is 13.6. The highest BCUT2D eigenvalue weighted by atomic mass is 19.1. The van der Waals surface area contributed by atoms with E-state index in [0.29, 0.717) is 42.0 Å². The number of nitrogens with one attached hydrogen (secondary N) is 2. The second-order valence-electron chi connectivity index (χ2n) is 7.18. The van der Waals surface area contributed by atoms with E-state index in [1.165, 1.54) is 12.1 Å². The molecule has 1 amide bonds. The molecule has 2 heterocycles. The molecule has 3 N–H and O–H groups in total. The van der Waals surface area contributed by atoms with Gasteiger partial charge in [0.2, 0.25) is 0 Å². The summed E-state index contributed by atoms with van der Waals surface area (Å²) < 4.78 is 19.0. The normalized spacial score (nSPS) is 13.9. The highest BCUT2D eigenvalue weighted by Crippen LogP contribution is 2.26. The van der Waals surface area contributed by atoms with Gasteiger partial charge >= 0.3 is 0 Å². The van der Waals surface area contributed by atoms with Crippen LogP contribution in [0.5, 0.6) is 0 Å². The van der Waals surface area contributed by atoms with Crippen LogP contribution in [0.15, 0.2) is 42.6 Å². The monoisotopic (exact) mass is 425 g/mol. The number of carbonyl (C=O) groups is 1. The number of morpholine rings is 1. The summed E-state index contributed by atoms with van der Waals surface area (Å²) in [7, 11) is 0. The van der Waals surface area contributed by atoms with Crippen molar-refractivity contribution in [2.75, 3.05) is 49.7 Å². The van der Waals surface area contributed by atoms with E-state index in [-0.39, 0.29) is 24.9 Å². The molecule has 0 bridgehead atoms. The van der Waals surface area contributed by atoms with E-state index in [1.54, 1.807) is 24.4 Å². The quantitative estimate of drug-likeness (QED) is 0.532. The molecule has 0 aliphatic carbocycles. The van der Waals surface area contributed by atoms with Gasteiger partial charge in [0.1, 0.15) is 17.2 Å². The van der Waals surface area contributed by atoms with Crippen molar-refractivity contribution < 1.29 is 19.0 Å². The summed E-state index contributed by atoms with van der Waals surface area (Å²) >= 11 is 0. The zero-order chi connectivity index (χ0) is 21.6. The third-order valence-electron chi connectivity index (χ3n) is 5.00. The first-order valence-electron chi connectivity index (χ1n) is 10.1. The lowest BCUT2D eigenvalue weighted by Gasteiger charge is -2.27. The summed E-state index contributed by atoms with van der Waals surface area (Å²) in [5.74, 6) is 0.113. The van der Waals surface area contributed by atoms with Crippen molar-refractivity contribution in [2.45, 2.75) is 6.54 Å². The first-order valence-corrected chi connectivity index (χ1v) is 10.1. The Morgan fingerprint density at radius 2 is 2.06 bits per heavy atom. The molecule has 8 nitrogen and oxygen atoms in total. The molecule has 0 unspecified atom stereocenters. The number of aromatic nitrogens is 2. The summed E-state index contributed by atoms with van der Waals surface area (Å²) in [4.78, 5) is 23.9. The lowest BCUT2D eigenvalue weighted by atomic mass is 10.1. The second kappa shape index (κ2) is 9.67. The fourth-order valence-electron chi connectivity index (χ4n) is 3.43. The van der Waals surface area contributed by atoms with Gasteiger partial charge in [0.05, 0.1) is 37.2 Å². The van der Waals surface area contributed by atoms with Crippen LogP contribution in [0, 0.1) is 5.82 Å². The maximum absolute atomic E-state index is 13.6. The fourth-order valence-corrected chi connectivity index (χ4v) is 3.43. The predicted octanol–water partition coefficient (Wildman–Crippen LogP) is 1.94. The first kappa shape index (κ1) is 21.0. The lowest BCUT2D eigenvalue weighted by Crippen LogP contribution is -2.36. The third kappa shape index (κ3) is 5.07. The van der Waals surface area contributed by atoms with E-state index < -0.39 is 0 Å². The van der Waals surface area contributed by atoms with Gasteiger partial charge in [0, 0.05) is 31.7 Å². The number of aliphatic hydroxyl groups is 1. The van der Waals surface area contributed by atoms with Crippen LogP contribution in [-0.2, 0) is 11.3 Å². The van der Waals surface area contributed by atoms with Gasteiger partial charge < -0.3 is 25.4 Å². The molecule has 4 rings (SSSR count). The molecule has 1 aliphatic heterocycles. The van der Waals surface area contributed by atoms with Gasteiger partial charge in [-0.3, -0.25) is 9.78 Å². The van der Waals surface area contributed by atoms with E-state index in [4.69, 9.17) is 14.8 Å². The molecule has 3 aromatic rings. The Morgan fingerprint density at radius 1 is 1.23 bits per heavy atom. The summed E-state index contributed by atoms with van der Waals surface area (Å²) in [5.41, 5.74) is 2.98. The molecule has 162 valence electrons. The maximum Gasteiger partial charge on any atom is 0.251 e. The summed E-state index contributed by atoms with van der Waals surface area (Å²) in [6.45, 7) is 3.10. The number of ether oxygens (including phenoxy) is 1. The highest BCUT2D eigenvalue weighted by Gasteiger charge is 2.17. The zero-order valence-electron chi connectivity index (χ0n) is 17.0. The Morgan fingerprint density at radius 3 is 2.84 bits per heavy atom. The Hall–Kier alpha value is -3.30. The van der Waals surface area contributed by atoms with Crippen LogP contribution in [0.2, 0.25) is 0 Å². The minimum Gasteiger partial charge on any atom is -0.395 e. The Kier molecular flexibility index (Phi) is 6.54. The van der Waals surface area contributed by atoms with Crippen LogP contribution in [-0.4, -0.2) is 60.4 Å². The lowest BCUT2D eigenvalue weighted by molar-refractivity contribution is 0.0945. The number of fused-ring (bicyclic) bond motifs is 1. The number of anilines is 2. The molecule has 1 saturated heterocycles. The molecule has 9 heteroatoms. The number of aliphatic hydroxyl groups excluding tert-OH is 1. The van der Waals surface area contributed by atoms with Crippen LogP contribution in [0.3, 0.4) is 0 Å². The number of carbonyl (C=O) groups excluding carboxylic acids is 1. The summed E-state index contributed by atoms with van der Waals surface area (Å²) in [6.07, 6.45) is 1.69. The molecule has 0 atom stereocenters. The van der Waals surface area contributed by atoms with E-state index >= 15 is 0 Å². The van der Waals surface area contributed by atoms with E-state index in [9.17, 15) is 9.18 Å². The minimum atomic E-state index is -0.316. The largest absolute Gasteiger partial charge is 0.395 e. The summed E-state index contributed by atoms with van der Waals surface area (Å²) in [5, 5.41) is 14.9. The van der Waals surface area contributed by atoms with Gasteiger partial charge in [-0.1, -0.05) is 12.1 Å². The van der Waals surface area contributed by atoms with Gasteiger partial charge in [-0.2, -0.15) is 0 Å². The fraction of sp³-hybridized carbons (Fsp3) is 0.318.